The molecule has 1 fully saturated rings. The molecule has 6 heteroatoms. The van der Waals surface area contributed by atoms with E-state index in [1.54, 1.807) is 42.6 Å². The van der Waals surface area contributed by atoms with E-state index in [0.29, 0.717) is 68.4 Å². The molecule has 1 unspecified atom stereocenters. The Morgan fingerprint density at radius 3 is 2.30 bits per heavy atom. The molecule has 0 aliphatic carbocycles. The van der Waals surface area contributed by atoms with E-state index < -0.39 is 5.60 Å². The highest BCUT2D eigenvalue weighted by atomic mass is 19.1. The Kier molecular flexibility index (Phi) is 7.36. The Morgan fingerprint density at radius 1 is 0.939 bits per heavy atom. The van der Waals surface area contributed by atoms with Gasteiger partial charge in [-0.2, -0.15) is 0 Å². The second kappa shape index (κ2) is 10.4. The maximum Gasteiger partial charge on any atom is 0.252 e. The fourth-order valence-corrected chi connectivity index (χ4v) is 4.82. The number of aromatic nitrogens is 1. The van der Waals surface area contributed by atoms with Crippen LogP contribution >= 0.6 is 0 Å². The van der Waals surface area contributed by atoms with Crippen molar-refractivity contribution in [2.75, 3.05) is 13.1 Å². The maximum absolute atomic E-state index is 14.7. The first-order chi connectivity index (χ1) is 15.9. The fraction of sp³-hybridized carbons (Fsp3) is 0.370. The van der Waals surface area contributed by atoms with E-state index in [1.807, 2.05) is 12.1 Å². The average molecular weight is 453 g/mol. The van der Waals surface area contributed by atoms with Crippen molar-refractivity contribution in [3.05, 3.63) is 106 Å². The molecule has 3 aromatic rings. The molecule has 0 radical (unpaired) electrons. The summed E-state index contributed by atoms with van der Waals surface area (Å²) in [4.78, 5) is 16.8. The van der Waals surface area contributed by atoms with Crippen molar-refractivity contribution in [3.8, 4) is 0 Å². The molecule has 4 nitrogen and oxygen atoms in total. The molecule has 0 spiro atoms. The summed E-state index contributed by atoms with van der Waals surface area (Å²) in [6.07, 6.45) is 4.15. The number of hydrogen-bond acceptors (Lipinski definition) is 3. The third-order valence-corrected chi connectivity index (χ3v) is 6.77. The van der Waals surface area contributed by atoms with Crippen molar-refractivity contribution in [1.29, 1.82) is 0 Å². The van der Waals surface area contributed by atoms with Crippen molar-refractivity contribution in [2.45, 2.75) is 50.2 Å². The van der Waals surface area contributed by atoms with Crippen LogP contribution in [0.15, 0.2) is 71.7 Å². The Morgan fingerprint density at radius 2 is 1.61 bits per heavy atom. The zero-order valence-electron chi connectivity index (χ0n) is 18.6. The van der Waals surface area contributed by atoms with Gasteiger partial charge < -0.3 is 10.1 Å². The molecule has 1 atom stereocenters. The molecular formula is C27H30F2N2O2. The van der Waals surface area contributed by atoms with Crippen LogP contribution in [0.2, 0.25) is 0 Å². The van der Waals surface area contributed by atoms with Crippen LogP contribution < -0.4 is 5.56 Å². The number of H-pyrrole nitrogens is 1. The van der Waals surface area contributed by atoms with Gasteiger partial charge in [-0.25, -0.2) is 8.78 Å². The van der Waals surface area contributed by atoms with Crippen LogP contribution in [0, 0.1) is 11.6 Å². The first kappa shape index (κ1) is 23.3. The van der Waals surface area contributed by atoms with Crippen LogP contribution in [0.4, 0.5) is 8.78 Å². The van der Waals surface area contributed by atoms with Crippen LogP contribution in [0.1, 0.15) is 48.3 Å². The number of hydrogen-bond donors (Lipinski definition) is 2. The number of halogens is 2. The fourth-order valence-electron chi connectivity index (χ4n) is 4.82. The van der Waals surface area contributed by atoms with E-state index >= 15 is 0 Å². The van der Waals surface area contributed by atoms with Gasteiger partial charge in [-0.1, -0.05) is 42.5 Å². The number of benzene rings is 2. The van der Waals surface area contributed by atoms with Gasteiger partial charge in [-0.05, 0) is 67.3 Å². The largest absolute Gasteiger partial charge is 0.390 e. The molecule has 2 heterocycles. The van der Waals surface area contributed by atoms with Crippen LogP contribution in [0.25, 0.3) is 0 Å². The van der Waals surface area contributed by atoms with Gasteiger partial charge in [-0.15, -0.1) is 0 Å². The molecule has 2 aromatic carbocycles. The molecule has 4 rings (SSSR count). The van der Waals surface area contributed by atoms with Crippen LogP contribution in [0.5, 0.6) is 0 Å². The van der Waals surface area contributed by atoms with Crippen molar-refractivity contribution in [2.24, 2.45) is 0 Å². The minimum atomic E-state index is -0.929. The topological polar surface area (TPSA) is 56.3 Å². The number of nitrogens with zero attached hydrogens (tertiary/aromatic N) is 1. The second-order valence-corrected chi connectivity index (χ2v) is 9.08. The molecule has 1 saturated heterocycles. The second-order valence-electron chi connectivity index (χ2n) is 9.08. The lowest BCUT2D eigenvalue weighted by Gasteiger charge is -2.40. The lowest BCUT2D eigenvalue weighted by molar-refractivity contribution is -0.0350. The van der Waals surface area contributed by atoms with Gasteiger partial charge in [0.1, 0.15) is 11.6 Å². The van der Waals surface area contributed by atoms with E-state index in [2.05, 4.69) is 9.88 Å². The summed E-state index contributed by atoms with van der Waals surface area (Å²) in [6, 6.07) is 17.0. The molecule has 2 N–H and O–H groups in total. The Hall–Kier alpha value is -2.83. The van der Waals surface area contributed by atoms with E-state index in [9.17, 15) is 18.7 Å². The number of pyridine rings is 1. The number of aromatic amines is 1. The minimum Gasteiger partial charge on any atom is -0.390 e. The van der Waals surface area contributed by atoms with E-state index in [-0.39, 0.29) is 23.1 Å². The lowest BCUT2D eigenvalue weighted by atomic mass is 9.78. The van der Waals surface area contributed by atoms with Crippen LogP contribution in [0.3, 0.4) is 0 Å². The maximum atomic E-state index is 14.7. The average Bonchev–Trinajstić information content (AvgIpc) is 2.81. The molecule has 0 saturated carbocycles. The number of likely N-dealkylation sites (tertiary alicyclic amines) is 1. The Labute approximate surface area is 192 Å². The summed E-state index contributed by atoms with van der Waals surface area (Å²) < 4.78 is 28.8. The highest BCUT2D eigenvalue weighted by Crippen LogP contribution is 2.37. The minimum absolute atomic E-state index is 0.0916. The number of nitrogens with one attached hydrogen (secondary N) is 1. The zero-order valence-corrected chi connectivity index (χ0v) is 18.6. The van der Waals surface area contributed by atoms with Gasteiger partial charge in [0.05, 0.1) is 5.60 Å². The summed E-state index contributed by atoms with van der Waals surface area (Å²) in [6.45, 7) is 1.85. The van der Waals surface area contributed by atoms with Gasteiger partial charge >= 0.3 is 0 Å². The normalized spacial score (nSPS) is 17.1. The van der Waals surface area contributed by atoms with Crippen molar-refractivity contribution in [1.82, 2.24) is 9.88 Å². The van der Waals surface area contributed by atoms with Gasteiger partial charge in [-0.3, -0.25) is 9.69 Å². The molecule has 1 aromatic heterocycles. The highest BCUT2D eigenvalue weighted by Gasteiger charge is 2.35. The Bertz CT molecular complexity index is 1120. The number of aryl methyl sites for hydroxylation is 1. The molecule has 174 valence electrons. The molecule has 1 aliphatic rings. The summed E-state index contributed by atoms with van der Waals surface area (Å²) in [5.41, 5.74) is 0.860. The van der Waals surface area contributed by atoms with E-state index in [0.717, 1.165) is 0 Å². The summed E-state index contributed by atoms with van der Waals surface area (Å²) in [7, 11) is 0. The first-order valence-corrected chi connectivity index (χ1v) is 11.5. The van der Waals surface area contributed by atoms with Crippen molar-refractivity contribution in [3.63, 3.8) is 0 Å². The predicted octanol–water partition coefficient (Wildman–Crippen LogP) is 4.79. The van der Waals surface area contributed by atoms with Gasteiger partial charge in [0, 0.05) is 31.4 Å². The van der Waals surface area contributed by atoms with E-state index in [4.69, 9.17) is 0 Å². The van der Waals surface area contributed by atoms with Gasteiger partial charge in [0.25, 0.3) is 5.56 Å². The van der Waals surface area contributed by atoms with Gasteiger partial charge in [0.15, 0.2) is 0 Å². The third-order valence-electron chi connectivity index (χ3n) is 6.77. The monoisotopic (exact) mass is 452 g/mol. The van der Waals surface area contributed by atoms with Crippen LogP contribution in [-0.2, 0) is 13.0 Å². The number of rotatable bonds is 8. The summed E-state index contributed by atoms with van der Waals surface area (Å²) >= 11 is 0. The molecule has 1 aliphatic heterocycles. The zero-order chi connectivity index (χ0) is 23.3. The quantitative estimate of drug-likeness (QED) is 0.517. The summed E-state index contributed by atoms with van der Waals surface area (Å²) in [5, 5.41) is 11.4. The predicted molar refractivity (Wildman–Crippen MR) is 125 cm³/mol. The molecule has 33 heavy (non-hydrogen) atoms. The first-order valence-electron chi connectivity index (χ1n) is 11.5. The standard InChI is InChI=1S/C27H30F2N2O2/c28-24-9-3-1-6-20(24)11-12-21(23-8-2-4-10-25(23)29)18-27(33)13-16-31(17-14-27)19-22-7-5-15-30-26(22)32/h1-10,15,21,33H,11-14,16-19H2,(H,30,32). The summed E-state index contributed by atoms with van der Waals surface area (Å²) in [5.74, 6) is -0.771. The third kappa shape index (κ3) is 5.95. The van der Waals surface area contributed by atoms with E-state index in [1.165, 1.54) is 12.1 Å². The Balaban J connectivity index is 1.44. The van der Waals surface area contributed by atoms with Crippen molar-refractivity contribution >= 4 is 0 Å². The SMILES string of the molecule is O=c1[nH]cccc1CN1CCC(O)(CC(CCc2ccccc2F)c2ccccc2F)CC1. The van der Waals surface area contributed by atoms with Gasteiger partial charge in [0.2, 0.25) is 0 Å². The molecule has 0 bridgehead atoms. The lowest BCUT2D eigenvalue weighted by Crippen LogP contribution is -2.45. The molecule has 0 amide bonds. The number of piperidine rings is 1. The van der Waals surface area contributed by atoms with Crippen LogP contribution in [-0.4, -0.2) is 33.7 Å². The molecular weight excluding hydrogens is 422 g/mol. The van der Waals surface area contributed by atoms with Crippen molar-refractivity contribution < 1.29 is 13.9 Å². The number of aliphatic hydroxyl groups is 1. The smallest absolute Gasteiger partial charge is 0.252 e. The highest BCUT2D eigenvalue weighted by molar-refractivity contribution is 5.24.